The number of aliphatic hydroxyl groups is 1. The SMILES string of the molecule is CC#CCC(C)C(O)/C=C/C1CC(F)(F)C(=O)N1CCCCCCC(=O)OC. The monoisotopic (exact) mass is 399 g/mol. The molecule has 1 N–H and O–H groups in total. The average molecular weight is 399 g/mol. The number of hydrogen-bond acceptors (Lipinski definition) is 4. The minimum atomic E-state index is -3.37. The number of rotatable bonds is 11. The van der Waals surface area contributed by atoms with E-state index in [1.165, 1.54) is 24.2 Å². The van der Waals surface area contributed by atoms with E-state index in [9.17, 15) is 23.5 Å². The second kappa shape index (κ2) is 11.8. The second-order valence-electron chi connectivity index (χ2n) is 7.20. The summed E-state index contributed by atoms with van der Waals surface area (Å²) in [6.45, 7) is 3.78. The van der Waals surface area contributed by atoms with Crippen LogP contribution in [0, 0.1) is 17.8 Å². The Bertz CT molecular complexity index is 609. The Morgan fingerprint density at radius 3 is 2.71 bits per heavy atom. The van der Waals surface area contributed by atoms with Crippen molar-refractivity contribution in [2.24, 2.45) is 5.92 Å². The predicted molar refractivity (Wildman–Crippen MR) is 103 cm³/mol. The topological polar surface area (TPSA) is 66.8 Å². The van der Waals surface area contributed by atoms with Gasteiger partial charge in [-0.2, -0.15) is 8.78 Å². The summed E-state index contributed by atoms with van der Waals surface area (Å²) in [5.74, 6) is 0.728. The number of likely N-dealkylation sites (tertiary alicyclic amines) is 1. The highest BCUT2D eigenvalue weighted by Gasteiger charge is 2.52. The van der Waals surface area contributed by atoms with E-state index in [-0.39, 0.29) is 18.4 Å². The van der Waals surface area contributed by atoms with Crippen LogP contribution in [0.5, 0.6) is 0 Å². The zero-order chi connectivity index (χ0) is 21.2. The molecule has 1 saturated heterocycles. The zero-order valence-electron chi connectivity index (χ0n) is 16.9. The third-order valence-electron chi connectivity index (χ3n) is 4.91. The molecule has 3 unspecified atom stereocenters. The van der Waals surface area contributed by atoms with E-state index in [4.69, 9.17) is 0 Å². The molecule has 0 aliphatic carbocycles. The molecule has 5 nitrogen and oxygen atoms in total. The molecule has 0 spiro atoms. The molecule has 3 atom stereocenters. The number of methoxy groups -OCH3 is 1. The Kier molecular flexibility index (Phi) is 10.2. The van der Waals surface area contributed by atoms with E-state index < -0.39 is 30.4 Å². The molecule has 0 aromatic rings. The Hall–Kier alpha value is -1.94. The first-order valence-corrected chi connectivity index (χ1v) is 9.74. The lowest BCUT2D eigenvalue weighted by atomic mass is 10.00. The summed E-state index contributed by atoms with van der Waals surface area (Å²) in [5, 5.41) is 10.1. The molecule has 0 aromatic carbocycles. The number of carbonyl (C=O) groups excluding carboxylic acids is 2. The van der Waals surface area contributed by atoms with Crippen LogP contribution in [0.2, 0.25) is 0 Å². The fourth-order valence-electron chi connectivity index (χ4n) is 3.08. The van der Waals surface area contributed by atoms with Crippen LogP contribution >= 0.6 is 0 Å². The van der Waals surface area contributed by atoms with E-state index in [1.54, 1.807) is 6.92 Å². The highest BCUT2D eigenvalue weighted by molar-refractivity contribution is 5.86. The molecule has 158 valence electrons. The van der Waals surface area contributed by atoms with Crippen molar-refractivity contribution in [2.45, 2.75) is 76.9 Å². The lowest BCUT2D eigenvalue weighted by Crippen LogP contribution is -2.36. The minimum Gasteiger partial charge on any atom is -0.469 e. The first-order chi connectivity index (χ1) is 13.2. The van der Waals surface area contributed by atoms with Gasteiger partial charge in [-0.25, -0.2) is 0 Å². The Morgan fingerprint density at radius 2 is 2.07 bits per heavy atom. The van der Waals surface area contributed by atoms with Crippen LogP contribution in [0.3, 0.4) is 0 Å². The molecule has 0 saturated carbocycles. The molecule has 0 radical (unpaired) electrons. The molecule has 1 aliphatic heterocycles. The average Bonchev–Trinajstić information content (AvgIpc) is 2.89. The molecule has 1 rings (SSSR count). The third kappa shape index (κ3) is 7.59. The van der Waals surface area contributed by atoms with Gasteiger partial charge >= 0.3 is 11.9 Å². The van der Waals surface area contributed by atoms with Gasteiger partial charge in [0.1, 0.15) is 0 Å². The zero-order valence-corrected chi connectivity index (χ0v) is 16.9. The Labute approximate surface area is 166 Å². The van der Waals surface area contributed by atoms with Gasteiger partial charge in [-0.15, -0.1) is 11.8 Å². The fraction of sp³-hybridized carbons (Fsp3) is 0.714. The fourth-order valence-corrected chi connectivity index (χ4v) is 3.08. The van der Waals surface area contributed by atoms with Crippen LogP contribution in [0.1, 0.15) is 58.8 Å². The molecule has 1 heterocycles. The van der Waals surface area contributed by atoms with Crippen molar-refractivity contribution >= 4 is 11.9 Å². The van der Waals surface area contributed by atoms with E-state index in [1.807, 2.05) is 6.92 Å². The van der Waals surface area contributed by atoms with Gasteiger partial charge in [-0.3, -0.25) is 9.59 Å². The molecule has 1 aliphatic rings. The van der Waals surface area contributed by atoms with E-state index in [0.717, 1.165) is 12.8 Å². The van der Waals surface area contributed by atoms with Crippen molar-refractivity contribution < 1.29 is 28.2 Å². The van der Waals surface area contributed by atoms with Gasteiger partial charge < -0.3 is 14.7 Å². The highest BCUT2D eigenvalue weighted by Crippen LogP contribution is 2.34. The number of esters is 1. The van der Waals surface area contributed by atoms with Gasteiger partial charge in [-0.05, 0) is 25.7 Å². The van der Waals surface area contributed by atoms with Crippen LogP contribution < -0.4 is 0 Å². The van der Waals surface area contributed by atoms with Gasteiger partial charge in [0.05, 0.1) is 19.3 Å². The van der Waals surface area contributed by atoms with Crippen molar-refractivity contribution in [3.63, 3.8) is 0 Å². The molecular formula is C21H31F2NO4. The standard InChI is InChI=1S/C21H31F2NO4/c1-4-5-10-16(2)18(25)13-12-17-15-21(22,23)20(27)24(17)14-9-7-6-8-11-19(26)28-3/h12-13,16-18,25H,6-11,14-15H2,1-3H3/b13-12+. The summed E-state index contributed by atoms with van der Waals surface area (Å²) in [6, 6.07) is -0.725. The largest absolute Gasteiger partial charge is 0.469 e. The van der Waals surface area contributed by atoms with Crippen molar-refractivity contribution in [1.29, 1.82) is 0 Å². The van der Waals surface area contributed by atoms with E-state index in [0.29, 0.717) is 25.7 Å². The predicted octanol–water partition coefficient (Wildman–Crippen LogP) is 3.31. The van der Waals surface area contributed by atoms with Crippen molar-refractivity contribution in [1.82, 2.24) is 4.90 Å². The molecule has 1 fully saturated rings. The maximum atomic E-state index is 13.9. The maximum absolute atomic E-state index is 13.9. The maximum Gasteiger partial charge on any atom is 0.327 e. The van der Waals surface area contributed by atoms with Crippen molar-refractivity contribution in [3.8, 4) is 11.8 Å². The summed E-state index contributed by atoms with van der Waals surface area (Å²) < 4.78 is 32.3. The Morgan fingerprint density at radius 1 is 1.39 bits per heavy atom. The van der Waals surface area contributed by atoms with Gasteiger partial charge in [0.25, 0.3) is 5.91 Å². The van der Waals surface area contributed by atoms with Crippen molar-refractivity contribution in [2.75, 3.05) is 13.7 Å². The van der Waals surface area contributed by atoms with Gasteiger partial charge in [0, 0.05) is 25.8 Å². The lowest BCUT2D eigenvalue weighted by molar-refractivity contribution is -0.148. The number of nitrogens with zero attached hydrogens (tertiary/aromatic N) is 1. The first-order valence-electron chi connectivity index (χ1n) is 9.74. The number of unbranched alkanes of at least 4 members (excludes halogenated alkanes) is 3. The van der Waals surface area contributed by atoms with Crippen LogP contribution in [-0.2, 0) is 14.3 Å². The van der Waals surface area contributed by atoms with Crippen molar-refractivity contribution in [3.05, 3.63) is 12.2 Å². The van der Waals surface area contributed by atoms with Crippen LogP contribution in [-0.4, -0.2) is 53.6 Å². The molecule has 1 amide bonds. The molecule has 0 bridgehead atoms. The van der Waals surface area contributed by atoms with Gasteiger partial charge in [0.2, 0.25) is 0 Å². The van der Waals surface area contributed by atoms with Gasteiger partial charge in [0.15, 0.2) is 0 Å². The number of hydrogen-bond donors (Lipinski definition) is 1. The number of amides is 1. The summed E-state index contributed by atoms with van der Waals surface area (Å²) in [5.41, 5.74) is 0. The van der Waals surface area contributed by atoms with Crippen LogP contribution in [0.15, 0.2) is 12.2 Å². The number of halogens is 2. The third-order valence-corrected chi connectivity index (χ3v) is 4.91. The highest BCUT2D eigenvalue weighted by atomic mass is 19.3. The summed E-state index contributed by atoms with van der Waals surface area (Å²) >= 11 is 0. The van der Waals surface area contributed by atoms with Gasteiger partial charge in [-0.1, -0.05) is 31.9 Å². The quantitative estimate of drug-likeness (QED) is 0.251. The molecule has 28 heavy (non-hydrogen) atoms. The summed E-state index contributed by atoms with van der Waals surface area (Å²) in [7, 11) is 1.34. The van der Waals surface area contributed by atoms with Crippen LogP contribution in [0.4, 0.5) is 8.78 Å². The Balaban J connectivity index is 2.55. The number of alkyl halides is 2. The number of carbonyl (C=O) groups is 2. The number of ether oxygens (including phenoxy) is 1. The van der Waals surface area contributed by atoms with Crippen LogP contribution in [0.25, 0.3) is 0 Å². The molecular weight excluding hydrogens is 368 g/mol. The van der Waals surface area contributed by atoms with E-state index >= 15 is 0 Å². The lowest BCUT2D eigenvalue weighted by Gasteiger charge is -2.22. The normalized spacial score (nSPS) is 20.7. The molecule has 0 aromatic heterocycles. The van der Waals surface area contributed by atoms with E-state index in [2.05, 4.69) is 16.6 Å². The summed E-state index contributed by atoms with van der Waals surface area (Å²) in [4.78, 5) is 24.3. The number of aliphatic hydroxyl groups excluding tert-OH is 1. The summed E-state index contributed by atoms with van der Waals surface area (Å²) in [6.07, 6.45) is 5.23. The second-order valence-corrected chi connectivity index (χ2v) is 7.20. The first kappa shape index (κ1) is 24.1. The molecule has 7 heteroatoms. The minimum absolute atomic E-state index is 0.121. The smallest absolute Gasteiger partial charge is 0.327 e.